The van der Waals surface area contributed by atoms with Crippen molar-refractivity contribution in [1.29, 1.82) is 0 Å². The highest BCUT2D eigenvalue weighted by molar-refractivity contribution is 6.33. The number of nitrogens with one attached hydrogen (secondary N) is 1. The van der Waals surface area contributed by atoms with E-state index in [1.165, 1.54) is 18.4 Å². The summed E-state index contributed by atoms with van der Waals surface area (Å²) < 4.78 is 0. The molecule has 1 aliphatic heterocycles. The second kappa shape index (κ2) is 4.52. The number of hydrogen-bond acceptors (Lipinski definition) is 1. The van der Waals surface area contributed by atoms with Crippen molar-refractivity contribution < 1.29 is 0 Å². The minimum Gasteiger partial charge on any atom is -0.316 e. The van der Waals surface area contributed by atoms with Crippen LogP contribution in [0.4, 0.5) is 0 Å². The molecule has 0 unspecified atom stereocenters. The minimum atomic E-state index is 0.523. The molecule has 1 nitrogen and oxygen atoms in total. The molecule has 0 aromatic heterocycles. The Labute approximate surface area is 94.4 Å². The number of piperidine rings is 1. The highest BCUT2D eigenvalue weighted by Crippen LogP contribution is 2.31. The number of halogens is 2. The maximum Gasteiger partial charge on any atom is 0.0442 e. The summed E-state index contributed by atoms with van der Waals surface area (Å²) in [4.78, 5) is 0. The standard InChI is InChI=1S/C11H13Cl2N/c12-9-3-4-11(13)10(6-9)8-2-1-5-14-7-8/h3-4,6,8,14H,1-2,5,7H2/t8-/m0/s1. The van der Waals surface area contributed by atoms with Crippen molar-refractivity contribution in [3.63, 3.8) is 0 Å². The van der Waals surface area contributed by atoms with Crippen LogP contribution in [-0.2, 0) is 0 Å². The summed E-state index contributed by atoms with van der Waals surface area (Å²) in [6.45, 7) is 2.13. The van der Waals surface area contributed by atoms with Gasteiger partial charge in [0, 0.05) is 16.6 Å². The van der Waals surface area contributed by atoms with E-state index in [4.69, 9.17) is 23.2 Å². The van der Waals surface area contributed by atoms with Gasteiger partial charge in [-0.1, -0.05) is 23.2 Å². The topological polar surface area (TPSA) is 12.0 Å². The third-order valence-electron chi connectivity index (χ3n) is 2.69. The van der Waals surface area contributed by atoms with E-state index in [9.17, 15) is 0 Å². The summed E-state index contributed by atoms with van der Waals surface area (Å²) in [6.07, 6.45) is 2.42. The molecule has 1 N–H and O–H groups in total. The summed E-state index contributed by atoms with van der Waals surface area (Å²) in [5, 5.41) is 4.99. The summed E-state index contributed by atoms with van der Waals surface area (Å²) in [7, 11) is 0. The molecule has 1 aliphatic rings. The van der Waals surface area contributed by atoms with E-state index in [2.05, 4.69) is 5.32 Å². The maximum atomic E-state index is 6.14. The fraction of sp³-hybridized carbons (Fsp3) is 0.455. The van der Waals surface area contributed by atoms with Gasteiger partial charge in [0.05, 0.1) is 0 Å². The largest absolute Gasteiger partial charge is 0.316 e. The predicted molar refractivity (Wildman–Crippen MR) is 61.3 cm³/mol. The maximum absolute atomic E-state index is 6.14. The van der Waals surface area contributed by atoms with Gasteiger partial charge in [0.15, 0.2) is 0 Å². The quantitative estimate of drug-likeness (QED) is 0.778. The number of hydrogen-bond donors (Lipinski definition) is 1. The predicted octanol–water partition coefficient (Wildman–Crippen LogP) is 3.46. The lowest BCUT2D eigenvalue weighted by Gasteiger charge is -2.24. The molecular formula is C11H13Cl2N. The average Bonchev–Trinajstić information content (AvgIpc) is 2.23. The van der Waals surface area contributed by atoms with E-state index >= 15 is 0 Å². The summed E-state index contributed by atoms with van der Waals surface area (Å²) in [5.41, 5.74) is 1.19. The van der Waals surface area contributed by atoms with Crippen LogP contribution in [0.3, 0.4) is 0 Å². The van der Waals surface area contributed by atoms with Gasteiger partial charge >= 0.3 is 0 Å². The van der Waals surface area contributed by atoms with Gasteiger partial charge in [-0.3, -0.25) is 0 Å². The Morgan fingerprint density at radius 1 is 1.29 bits per heavy atom. The summed E-state index contributed by atoms with van der Waals surface area (Å²) in [5.74, 6) is 0.523. The minimum absolute atomic E-state index is 0.523. The fourth-order valence-corrected chi connectivity index (χ4v) is 2.40. The van der Waals surface area contributed by atoms with Gasteiger partial charge in [-0.05, 0) is 49.1 Å². The van der Waals surface area contributed by atoms with Crippen molar-refractivity contribution >= 4 is 23.2 Å². The van der Waals surface area contributed by atoms with Gasteiger partial charge in [0.1, 0.15) is 0 Å². The highest BCUT2D eigenvalue weighted by Gasteiger charge is 2.17. The van der Waals surface area contributed by atoms with E-state index in [-0.39, 0.29) is 0 Å². The molecule has 0 radical (unpaired) electrons. The molecule has 3 heteroatoms. The lowest BCUT2D eigenvalue weighted by Crippen LogP contribution is -2.28. The molecule has 2 rings (SSSR count). The monoisotopic (exact) mass is 229 g/mol. The molecule has 1 aromatic rings. The molecule has 1 fully saturated rings. The Morgan fingerprint density at radius 2 is 2.14 bits per heavy atom. The van der Waals surface area contributed by atoms with Gasteiger partial charge in [-0.15, -0.1) is 0 Å². The Hall–Kier alpha value is -0.240. The lowest BCUT2D eigenvalue weighted by molar-refractivity contribution is 0.462. The molecule has 14 heavy (non-hydrogen) atoms. The number of benzene rings is 1. The van der Waals surface area contributed by atoms with Crippen LogP contribution >= 0.6 is 23.2 Å². The molecule has 1 heterocycles. The first-order valence-corrected chi connectivity index (χ1v) is 5.68. The van der Waals surface area contributed by atoms with Crippen LogP contribution in [-0.4, -0.2) is 13.1 Å². The van der Waals surface area contributed by atoms with Crippen molar-refractivity contribution in [2.45, 2.75) is 18.8 Å². The zero-order valence-electron chi connectivity index (χ0n) is 7.89. The van der Waals surface area contributed by atoms with Gasteiger partial charge in [-0.2, -0.15) is 0 Å². The Kier molecular flexibility index (Phi) is 3.32. The average molecular weight is 230 g/mol. The van der Waals surface area contributed by atoms with E-state index < -0.39 is 0 Å². The molecule has 1 saturated heterocycles. The van der Waals surface area contributed by atoms with Crippen LogP contribution in [0.25, 0.3) is 0 Å². The zero-order valence-corrected chi connectivity index (χ0v) is 9.41. The van der Waals surface area contributed by atoms with Crippen LogP contribution in [0.2, 0.25) is 10.0 Å². The second-order valence-electron chi connectivity index (χ2n) is 3.71. The first-order chi connectivity index (χ1) is 6.77. The Morgan fingerprint density at radius 3 is 2.86 bits per heavy atom. The third kappa shape index (κ3) is 2.22. The summed E-state index contributed by atoms with van der Waals surface area (Å²) in [6, 6.07) is 5.71. The van der Waals surface area contributed by atoms with Crippen LogP contribution in [0.1, 0.15) is 24.3 Å². The van der Waals surface area contributed by atoms with E-state index in [0.717, 1.165) is 23.1 Å². The summed E-state index contributed by atoms with van der Waals surface area (Å²) >= 11 is 12.1. The van der Waals surface area contributed by atoms with Gasteiger partial charge in [0.25, 0.3) is 0 Å². The molecule has 1 atom stereocenters. The smallest absolute Gasteiger partial charge is 0.0442 e. The van der Waals surface area contributed by atoms with Gasteiger partial charge in [-0.25, -0.2) is 0 Å². The van der Waals surface area contributed by atoms with Crippen LogP contribution in [0.5, 0.6) is 0 Å². The second-order valence-corrected chi connectivity index (χ2v) is 4.55. The highest BCUT2D eigenvalue weighted by atomic mass is 35.5. The van der Waals surface area contributed by atoms with Crippen LogP contribution in [0.15, 0.2) is 18.2 Å². The molecule has 0 amide bonds. The lowest BCUT2D eigenvalue weighted by atomic mass is 9.92. The SMILES string of the molecule is Clc1ccc(Cl)c([C@H]2CCCNC2)c1. The third-order valence-corrected chi connectivity index (χ3v) is 3.27. The number of rotatable bonds is 1. The molecule has 0 aliphatic carbocycles. The molecule has 0 bridgehead atoms. The van der Waals surface area contributed by atoms with Crippen molar-refractivity contribution in [2.24, 2.45) is 0 Å². The molecule has 0 saturated carbocycles. The molecule has 1 aromatic carbocycles. The molecule has 0 spiro atoms. The molecule has 76 valence electrons. The fourth-order valence-electron chi connectivity index (χ4n) is 1.94. The van der Waals surface area contributed by atoms with Crippen molar-refractivity contribution in [3.05, 3.63) is 33.8 Å². The first kappa shape index (κ1) is 10.3. The van der Waals surface area contributed by atoms with Crippen LogP contribution < -0.4 is 5.32 Å². The molecular weight excluding hydrogens is 217 g/mol. The van der Waals surface area contributed by atoms with E-state index in [0.29, 0.717) is 5.92 Å². The van der Waals surface area contributed by atoms with Crippen LogP contribution in [0, 0.1) is 0 Å². The normalized spacial score (nSPS) is 22.3. The Bertz CT molecular complexity index is 319. The van der Waals surface area contributed by atoms with Crippen molar-refractivity contribution in [2.75, 3.05) is 13.1 Å². The van der Waals surface area contributed by atoms with E-state index in [1.807, 2.05) is 18.2 Å². The van der Waals surface area contributed by atoms with Gasteiger partial charge < -0.3 is 5.32 Å². The van der Waals surface area contributed by atoms with Gasteiger partial charge in [0.2, 0.25) is 0 Å². The van der Waals surface area contributed by atoms with Crippen molar-refractivity contribution in [3.8, 4) is 0 Å². The van der Waals surface area contributed by atoms with Crippen molar-refractivity contribution in [1.82, 2.24) is 5.32 Å². The zero-order chi connectivity index (χ0) is 9.97. The first-order valence-electron chi connectivity index (χ1n) is 4.93. The van der Waals surface area contributed by atoms with E-state index in [1.54, 1.807) is 0 Å². The Balaban J connectivity index is 2.24.